The summed E-state index contributed by atoms with van der Waals surface area (Å²) in [5.41, 5.74) is 0.369. The third-order valence-electron chi connectivity index (χ3n) is 4.92. The average Bonchev–Trinajstić information content (AvgIpc) is 2.77. The van der Waals surface area contributed by atoms with Crippen molar-refractivity contribution in [3.8, 4) is 0 Å². The topological polar surface area (TPSA) is 3.24 Å². The second-order valence-corrected chi connectivity index (χ2v) is 6.31. The Morgan fingerprint density at radius 3 is 2.70 bits per heavy atom. The summed E-state index contributed by atoms with van der Waals surface area (Å²) in [6, 6.07) is 5.97. The van der Waals surface area contributed by atoms with Gasteiger partial charge in [-0.1, -0.05) is 24.6 Å². The fourth-order valence-electron chi connectivity index (χ4n) is 4.05. The molecule has 1 saturated heterocycles. The molecule has 0 spiro atoms. The molecule has 1 aliphatic carbocycles. The van der Waals surface area contributed by atoms with Crippen molar-refractivity contribution in [1.82, 2.24) is 4.90 Å². The number of fused-ring (bicyclic) bond motifs is 1. The lowest BCUT2D eigenvalue weighted by molar-refractivity contribution is -0.137. The molecule has 1 aromatic rings. The van der Waals surface area contributed by atoms with E-state index in [1.54, 1.807) is 6.07 Å². The smallest absolute Gasteiger partial charge is 0.306 e. The lowest BCUT2D eigenvalue weighted by atomic mass is 9.71. The highest BCUT2D eigenvalue weighted by molar-refractivity contribution is 5.29. The zero-order valence-electron chi connectivity index (χ0n) is 11.7. The van der Waals surface area contributed by atoms with Crippen LogP contribution in [0.3, 0.4) is 0 Å². The van der Waals surface area contributed by atoms with E-state index < -0.39 is 11.7 Å². The van der Waals surface area contributed by atoms with Crippen LogP contribution in [0.5, 0.6) is 0 Å². The first kappa shape index (κ1) is 13.9. The number of hydrogen-bond donors (Lipinski definition) is 0. The summed E-state index contributed by atoms with van der Waals surface area (Å²) in [4.78, 5) is 2.32. The maximum Gasteiger partial charge on any atom is 0.416 e. The van der Waals surface area contributed by atoms with E-state index in [4.69, 9.17) is 0 Å². The van der Waals surface area contributed by atoms with Crippen LogP contribution in [0.1, 0.15) is 36.3 Å². The number of halogens is 3. The van der Waals surface area contributed by atoms with Crippen molar-refractivity contribution in [2.75, 3.05) is 20.1 Å². The van der Waals surface area contributed by atoms with Gasteiger partial charge in [0.15, 0.2) is 0 Å². The highest BCUT2D eigenvalue weighted by atomic mass is 19.4. The molecule has 0 N–H and O–H groups in total. The maximum absolute atomic E-state index is 12.9. The standard InChI is InChI=1S/C16H20F3N/c1-20-9-12-5-3-7-14(15(12)10-20)11-4-2-6-13(8-11)16(17,18)19/h2,4,6,8,12,14-15H,3,5,7,9-10H2,1H3. The quantitative estimate of drug-likeness (QED) is 0.748. The molecule has 2 fully saturated rings. The number of alkyl halides is 3. The van der Waals surface area contributed by atoms with E-state index >= 15 is 0 Å². The Kier molecular flexibility index (Phi) is 3.53. The Morgan fingerprint density at radius 2 is 1.95 bits per heavy atom. The highest BCUT2D eigenvalue weighted by Gasteiger charge is 2.40. The van der Waals surface area contributed by atoms with Crippen molar-refractivity contribution in [2.24, 2.45) is 11.8 Å². The van der Waals surface area contributed by atoms with Crippen LogP contribution in [0.25, 0.3) is 0 Å². The SMILES string of the molecule is CN1CC2CCCC(c3cccc(C(F)(F)F)c3)C2C1. The summed E-state index contributed by atoms with van der Waals surface area (Å²) in [6.45, 7) is 2.12. The third-order valence-corrected chi connectivity index (χ3v) is 4.92. The number of hydrogen-bond acceptors (Lipinski definition) is 1. The lowest BCUT2D eigenvalue weighted by Crippen LogP contribution is -2.26. The molecule has 0 aromatic heterocycles. The van der Waals surface area contributed by atoms with Crippen molar-refractivity contribution in [3.63, 3.8) is 0 Å². The van der Waals surface area contributed by atoms with Crippen LogP contribution in [-0.4, -0.2) is 25.0 Å². The second kappa shape index (κ2) is 5.06. The summed E-state index contributed by atoms with van der Waals surface area (Å²) in [5, 5.41) is 0. The van der Waals surface area contributed by atoms with Crippen LogP contribution in [0.4, 0.5) is 13.2 Å². The molecule has 4 heteroatoms. The van der Waals surface area contributed by atoms with Crippen LogP contribution in [0.2, 0.25) is 0 Å². The van der Waals surface area contributed by atoms with Crippen LogP contribution >= 0.6 is 0 Å². The van der Waals surface area contributed by atoms with Gasteiger partial charge in [0.25, 0.3) is 0 Å². The molecule has 110 valence electrons. The van der Waals surface area contributed by atoms with Gasteiger partial charge in [-0.05, 0) is 49.3 Å². The second-order valence-electron chi connectivity index (χ2n) is 6.31. The van der Waals surface area contributed by atoms with E-state index in [0.29, 0.717) is 17.8 Å². The molecule has 1 heterocycles. The zero-order valence-corrected chi connectivity index (χ0v) is 11.7. The van der Waals surface area contributed by atoms with Gasteiger partial charge in [0, 0.05) is 13.1 Å². The Bertz CT molecular complexity index is 483. The van der Waals surface area contributed by atoms with E-state index in [2.05, 4.69) is 11.9 Å². The van der Waals surface area contributed by atoms with Crippen molar-refractivity contribution >= 4 is 0 Å². The molecule has 3 atom stereocenters. The summed E-state index contributed by atoms with van der Waals surface area (Å²) >= 11 is 0. The van der Waals surface area contributed by atoms with Crippen molar-refractivity contribution in [1.29, 1.82) is 0 Å². The van der Waals surface area contributed by atoms with E-state index in [0.717, 1.165) is 31.5 Å². The minimum atomic E-state index is -4.24. The Labute approximate surface area is 117 Å². The highest BCUT2D eigenvalue weighted by Crippen LogP contribution is 2.45. The molecule has 1 saturated carbocycles. The van der Waals surface area contributed by atoms with Gasteiger partial charge in [-0.25, -0.2) is 0 Å². The minimum Gasteiger partial charge on any atom is -0.306 e. The molecule has 2 aliphatic rings. The maximum atomic E-state index is 12.9. The zero-order chi connectivity index (χ0) is 14.3. The minimum absolute atomic E-state index is 0.293. The van der Waals surface area contributed by atoms with Gasteiger partial charge >= 0.3 is 6.18 Å². The Balaban J connectivity index is 1.88. The Morgan fingerprint density at radius 1 is 1.15 bits per heavy atom. The molecule has 1 aromatic carbocycles. The predicted molar refractivity (Wildman–Crippen MR) is 72.5 cm³/mol. The van der Waals surface area contributed by atoms with Crippen LogP contribution in [-0.2, 0) is 6.18 Å². The molecule has 20 heavy (non-hydrogen) atoms. The first-order valence-corrected chi connectivity index (χ1v) is 7.31. The predicted octanol–water partition coefficient (Wildman–Crippen LogP) is 4.15. The first-order valence-electron chi connectivity index (χ1n) is 7.31. The van der Waals surface area contributed by atoms with Crippen LogP contribution in [0.15, 0.2) is 24.3 Å². The van der Waals surface area contributed by atoms with Gasteiger partial charge in [-0.2, -0.15) is 13.2 Å². The van der Waals surface area contributed by atoms with Gasteiger partial charge in [-0.15, -0.1) is 0 Å². The molecule has 1 nitrogen and oxygen atoms in total. The van der Waals surface area contributed by atoms with Crippen molar-refractivity contribution in [2.45, 2.75) is 31.4 Å². The summed E-state index contributed by atoms with van der Waals surface area (Å²) in [6.07, 6.45) is -0.854. The molecule has 0 radical (unpaired) electrons. The van der Waals surface area contributed by atoms with Gasteiger partial charge in [-0.3, -0.25) is 0 Å². The fourth-order valence-corrected chi connectivity index (χ4v) is 4.05. The average molecular weight is 283 g/mol. The normalized spacial score (nSPS) is 31.3. The summed E-state index contributed by atoms with van der Waals surface area (Å²) in [7, 11) is 2.11. The molecule has 0 amide bonds. The molecule has 3 rings (SSSR count). The largest absolute Gasteiger partial charge is 0.416 e. The van der Waals surface area contributed by atoms with Gasteiger partial charge in [0.1, 0.15) is 0 Å². The van der Waals surface area contributed by atoms with Crippen molar-refractivity contribution < 1.29 is 13.2 Å². The fraction of sp³-hybridized carbons (Fsp3) is 0.625. The number of nitrogens with zero attached hydrogens (tertiary/aromatic N) is 1. The monoisotopic (exact) mass is 283 g/mol. The molecular formula is C16H20F3N. The third kappa shape index (κ3) is 2.58. The van der Waals surface area contributed by atoms with Crippen LogP contribution < -0.4 is 0 Å². The number of likely N-dealkylation sites (tertiary alicyclic amines) is 1. The van der Waals surface area contributed by atoms with Crippen molar-refractivity contribution in [3.05, 3.63) is 35.4 Å². The molecular weight excluding hydrogens is 263 g/mol. The molecule has 0 bridgehead atoms. The van der Waals surface area contributed by atoms with E-state index in [-0.39, 0.29) is 0 Å². The summed E-state index contributed by atoms with van der Waals surface area (Å²) < 4.78 is 38.6. The first-order chi connectivity index (χ1) is 9.45. The van der Waals surface area contributed by atoms with Crippen LogP contribution in [0, 0.1) is 11.8 Å². The molecule has 3 unspecified atom stereocenters. The number of rotatable bonds is 1. The van der Waals surface area contributed by atoms with Gasteiger partial charge in [0.2, 0.25) is 0 Å². The van der Waals surface area contributed by atoms with E-state index in [1.807, 2.05) is 6.07 Å². The van der Waals surface area contributed by atoms with Gasteiger partial charge < -0.3 is 4.90 Å². The van der Waals surface area contributed by atoms with E-state index in [1.165, 1.54) is 18.6 Å². The van der Waals surface area contributed by atoms with Gasteiger partial charge in [0.05, 0.1) is 5.56 Å². The Hall–Kier alpha value is -1.03. The van der Waals surface area contributed by atoms with E-state index in [9.17, 15) is 13.2 Å². The summed E-state index contributed by atoms with van der Waals surface area (Å²) in [5.74, 6) is 1.48. The number of benzene rings is 1. The molecule has 1 aliphatic heterocycles. The lowest BCUT2D eigenvalue weighted by Gasteiger charge is -2.33.